The maximum atomic E-state index is 12.0. The molecule has 1 unspecified atom stereocenters. The second-order valence-corrected chi connectivity index (χ2v) is 7.18. The molecule has 4 nitrogen and oxygen atoms in total. The number of allylic oxidation sites excluding steroid dienone is 12. The molecule has 0 saturated carbocycles. The Morgan fingerprint density at radius 3 is 1.42 bits per heavy atom. The maximum Gasteiger partial charge on any atom is 0.309 e. The minimum atomic E-state index is -0.827. The Morgan fingerprint density at radius 2 is 1.06 bits per heavy atom. The van der Waals surface area contributed by atoms with Crippen LogP contribution in [0, 0.1) is 5.92 Å². The average Bonchev–Trinajstić information content (AvgIpc) is 2.78. The summed E-state index contributed by atoms with van der Waals surface area (Å²) in [5.41, 5.74) is 0. The number of ether oxygens (including phenoxy) is 1. The first-order valence-corrected chi connectivity index (χ1v) is 11.5. The highest BCUT2D eigenvalue weighted by molar-refractivity contribution is 5.72. The van der Waals surface area contributed by atoms with E-state index in [1.807, 2.05) is 19.1 Å². The maximum absolute atomic E-state index is 12.0. The Bertz CT molecular complexity index is 592. The minimum Gasteiger partial charge on any atom is -0.457 e. The van der Waals surface area contributed by atoms with Gasteiger partial charge in [0, 0.05) is 0 Å². The molecule has 2 N–H and O–H groups in total. The summed E-state index contributed by atoms with van der Waals surface area (Å²) in [5.74, 6) is -0.611. The monoisotopic (exact) mass is 430 g/mol. The van der Waals surface area contributed by atoms with Crippen LogP contribution < -0.4 is 0 Å². The number of carbonyl (C=O) groups is 1. The van der Waals surface area contributed by atoms with Crippen LogP contribution >= 0.6 is 0 Å². The molecule has 174 valence electrons. The van der Waals surface area contributed by atoms with Crippen molar-refractivity contribution in [3.05, 3.63) is 72.9 Å². The molecule has 31 heavy (non-hydrogen) atoms. The second kappa shape index (κ2) is 22.5. The lowest BCUT2D eigenvalue weighted by molar-refractivity contribution is -0.158. The summed E-state index contributed by atoms with van der Waals surface area (Å²) in [6.45, 7) is 3.35. The average molecular weight is 431 g/mol. The van der Waals surface area contributed by atoms with E-state index in [2.05, 4.69) is 67.7 Å². The summed E-state index contributed by atoms with van der Waals surface area (Å²) in [5, 5.41) is 18.0. The molecular formula is C27H42O4. The van der Waals surface area contributed by atoms with Crippen LogP contribution in [-0.4, -0.2) is 35.5 Å². The van der Waals surface area contributed by atoms with Gasteiger partial charge in [0.15, 0.2) is 0 Å². The summed E-state index contributed by atoms with van der Waals surface area (Å²) in [6, 6.07) is 0. The van der Waals surface area contributed by atoms with Crippen molar-refractivity contribution in [3.63, 3.8) is 0 Å². The van der Waals surface area contributed by atoms with Crippen molar-refractivity contribution in [1.82, 2.24) is 0 Å². The van der Waals surface area contributed by atoms with Crippen LogP contribution in [-0.2, 0) is 9.53 Å². The standard InChI is InChI=1S/C27H42O4/c1-3-5-6-7-8-9-10-11-12-13-14-15-16-17-18-19-20-21-22-25(4-2)27(30)31-26(23-28)24-29/h5-6,8-9,11-12,14-15,17-18,20-21,25-26,28-29H,3-4,7,10,13,16,19,22-24H2,1-2H3/b6-5-,9-8-,12-11-,15-14-,18-17-,21-20-. The van der Waals surface area contributed by atoms with Gasteiger partial charge in [0.05, 0.1) is 19.1 Å². The fraction of sp³-hybridized carbons (Fsp3) is 0.519. The van der Waals surface area contributed by atoms with E-state index in [1.54, 1.807) is 0 Å². The van der Waals surface area contributed by atoms with Gasteiger partial charge in [0.2, 0.25) is 0 Å². The van der Waals surface area contributed by atoms with Crippen molar-refractivity contribution in [2.24, 2.45) is 5.92 Å². The Kier molecular flexibility index (Phi) is 20.9. The van der Waals surface area contributed by atoms with E-state index >= 15 is 0 Å². The molecule has 0 spiro atoms. The Morgan fingerprint density at radius 1 is 0.677 bits per heavy atom. The summed E-state index contributed by atoms with van der Waals surface area (Å²) < 4.78 is 5.08. The predicted molar refractivity (Wildman–Crippen MR) is 131 cm³/mol. The van der Waals surface area contributed by atoms with Crippen LogP contribution in [0.4, 0.5) is 0 Å². The first-order chi connectivity index (χ1) is 15.2. The minimum absolute atomic E-state index is 0.245. The Hall–Kier alpha value is -2.17. The molecule has 0 aliphatic heterocycles. The number of carbonyl (C=O) groups excluding carboxylic acids is 1. The fourth-order valence-electron chi connectivity index (χ4n) is 2.60. The van der Waals surface area contributed by atoms with Crippen molar-refractivity contribution in [2.45, 2.75) is 71.3 Å². The lowest BCUT2D eigenvalue weighted by Gasteiger charge is -2.17. The first kappa shape index (κ1) is 28.8. The number of esters is 1. The predicted octanol–water partition coefficient (Wildman–Crippen LogP) is 6.00. The largest absolute Gasteiger partial charge is 0.457 e. The van der Waals surface area contributed by atoms with Crippen LogP contribution in [0.3, 0.4) is 0 Å². The van der Waals surface area contributed by atoms with Crippen molar-refractivity contribution < 1.29 is 19.7 Å². The van der Waals surface area contributed by atoms with Crippen molar-refractivity contribution in [1.29, 1.82) is 0 Å². The third kappa shape index (κ3) is 18.3. The zero-order valence-electron chi connectivity index (χ0n) is 19.4. The number of hydrogen-bond acceptors (Lipinski definition) is 4. The summed E-state index contributed by atoms with van der Waals surface area (Å²) in [4.78, 5) is 12.0. The molecule has 0 aromatic rings. The van der Waals surface area contributed by atoms with Crippen LogP contribution in [0.2, 0.25) is 0 Å². The van der Waals surface area contributed by atoms with Gasteiger partial charge in [-0.2, -0.15) is 0 Å². The molecule has 0 rings (SSSR count). The molecule has 0 heterocycles. The Labute approximate surface area is 189 Å². The SMILES string of the molecule is CC/C=C\C/C=C\C/C=C\C/C=C\C/C=C\C/C=C\CC(CC)C(=O)OC(CO)CO. The van der Waals surface area contributed by atoms with Gasteiger partial charge in [-0.25, -0.2) is 0 Å². The molecule has 0 aromatic carbocycles. The third-order valence-corrected chi connectivity index (χ3v) is 4.53. The highest BCUT2D eigenvalue weighted by Crippen LogP contribution is 2.13. The molecule has 1 atom stereocenters. The van der Waals surface area contributed by atoms with Gasteiger partial charge in [0.1, 0.15) is 6.10 Å². The van der Waals surface area contributed by atoms with Gasteiger partial charge in [-0.3, -0.25) is 4.79 Å². The van der Waals surface area contributed by atoms with E-state index < -0.39 is 6.10 Å². The lowest BCUT2D eigenvalue weighted by atomic mass is 10.0. The van der Waals surface area contributed by atoms with Gasteiger partial charge >= 0.3 is 5.97 Å². The number of rotatable bonds is 18. The second-order valence-electron chi connectivity index (χ2n) is 7.18. The zero-order valence-corrected chi connectivity index (χ0v) is 19.4. The molecule has 0 radical (unpaired) electrons. The molecule has 0 aliphatic rings. The quantitative estimate of drug-likeness (QED) is 0.207. The van der Waals surface area contributed by atoms with E-state index in [9.17, 15) is 4.79 Å². The summed E-state index contributed by atoms with van der Waals surface area (Å²) in [7, 11) is 0. The molecule has 0 fully saturated rings. The molecule has 0 bridgehead atoms. The normalized spacial score (nSPS) is 14.0. The smallest absolute Gasteiger partial charge is 0.309 e. The van der Waals surface area contributed by atoms with Gasteiger partial charge in [-0.15, -0.1) is 0 Å². The highest BCUT2D eigenvalue weighted by atomic mass is 16.6. The van der Waals surface area contributed by atoms with Gasteiger partial charge in [0.25, 0.3) is 0 Å². The number of hydrogen-bond donors (Lipinski definition) is 2. The van der Waals surface area contributed by atoms with E-state index in [1.165, 1.54) is 0 Å². The summed E-state index contributed by atoms with van der Waals surface area (Å²) >= 11 is 0. The van der Waals surface area contributed by atoms with Crippen molar-refractivity contribution >= 4 is 5.97 Å². The van der Waals surface area contributed by atoms with Gasteiger partial charge in [-0.1, -0.05) is 86.8 Å². The molecule has 4 heteroatoms. The number of aliphatic hydroxyl groups excluding tert-OH is 2. The lowest BCUT2D eigenvalue weighted by Crippen LogP contribution is -2.29. The first-order valence-electron chi connectivity index (χ1n) is 11.5. The van der Waals surface area contributed by atoms with Gasteiger partial charge in [-0.05, 0) is 51.4 Å². The number of aliphatic hydroxyl groups is 2. The highest BCUT2D eigenvalue weighted by Gasteiger charge is 2.20. The summed E-state index contributed by atoms with van der Waals surface area (Å²) in [6.07, 6.45) is 32.0. The van der Waals surface area contributed by atoms with E-state index in [4.69, 9.17) is 14.9 Å². The fourth-order valence-corrected chi connectivity index (χ4v) is 2.60. The topological polar surface area (TPSA) is 66.8 Å². The third-order valence-electron chi connectivity index (χ3n) is 4.53. The van der Waals surface area contributed by atoms with Gasteiger partial charge < -0.3 is 14.9 Å². The van der Waals surface area contributed by atoms with Crippen LogP contribution in [0.15, 0.2) is 72.9 Å². The van der Waals surface area contributed by atoms with E-state index in [0.29, 0.717) is 12.8 Å². The van der Waals surface area contributed by atoms with Crippen molar-refractivity contribution in [2.75, 3.05) is 13.2 Å². The van der Waals surface area contributed by atoms with Crippen molar-refractivity contribution in [3.8, 4) is 0 Å². The Balaban J connectivity index is 3.88. The van der Waals surface area contributed by atoms with Crippen LogP contribution in [0.1, 0.15) is 65.2 Å². The molecule has 0 saturated heterocycles. The molecule has 0 aliphatic carbocycles. The van der Waals surface area contributed by atoms with Crippen LogP contribution in [0.5, 0.6) is 0 Å². The van der Waals surface area contributed by atoms with E-state index in [0.717, 1.165) is 38.5 Å². The van der Waals surface area contributed by atoms with E-state index in [-0.39, 0.29) is 25.1 Å². The molecular weight excluding hydrogens is 388 g/mol. The molecule has 0 aromatic heterocycles. The van der Waals surface area contributed by atoms with Crippen LogP contribution in [0.25, 0.3) is 0 Å². The molecule has 0 amide bonds. The zero-order chi connectivity index (χ0) is 23.0.